The molecule has 0 saturated heterocycles. The Hall–Kier alpha value is -2.14. The molecule has 0 aliphatic heterocycles. The molecule has 0 unspecified atom stereocenters. The largest absolute Gasteiger partial charge is 0.497 e. The van der Waals surface area contributed by atoms with E-state index in [-0.39, 0.29) is 0 Å². The second kappa shape index (κ2) is 4.85. The Balaban J connectivity index is 2.04. The lowest BCUT2D eigenvalue weighted by molar-refractivity contribution is 0.415. The molecule has 1 aliphatic carbocycles. The fraction of sp³-hybridized carbons (Fsp3) is 0.286. The van der Waals surface area contributed by atoms with Gasteiger partial charge in [0.05, 0.1) is 7.11 Å². The fourth-order valence-corrected chi connectivity index (χ4v) is 2.02. The molecule has 5 nitrogen and oxygen atoms in total. The van der Waals surface area contributed by atoms with E-state index in [0.717, 1.165) is 17.0 Å². The Morgan fingerprint density at radius 3 is 2.79 bits per heavy atom. The van der Waals surface area contributed by atoms with Crippen molar-refractivity contribution in [1.29, 1.82) is 0 Å². The number of ether oxygens (including phenoxy) is 1. The number of hydrogen-bond donors (Lipinski definition) is 2. The molecule has 98 valence electrons. The van der Waals surface area contributed by atoms with Gasteiger partial charge >= 0.3 is 0 Å². The SMILES string of the molecule is COc1cccc(-c2nc(NN)cc(C3CC3)n2)c1. The first kappa shape index (κ1) is 11.9. The maximum absolute atomic E-state index is 5.48. The standard InChI is InChI=1S/C14H16N4O/c1-19-11-4-2-3-10(7-11)14-16-12(9-5-6-9)8-13(17-14)18-15/h2-4,7-9H,5-6,15H2,1H3,(H,16,17,18). The van der Waals surface area contributed by atoms with Crippen LogP contribution in [-0.4, -0.2) is 17.1 Å². The van der Waals surface area contributed by atoms with Gasteiger partial charge in [-0.1, -0.05) is 12.1 Å². The van der Waals surface area contributed by atoms with Gasteiger partial charge in [0.25, 0.3) is 0 Å². The number of methoxy groups -OCH3 is 1. The van der Waals surface area contributed by atoms with Crippen LogP contribution in [0.1, 0.15) is 24.5 Å². The zero-order valence-corrected chi connectivity index (χ0v) is 10.8. The minimum atomic E-state index is 0.555. The predicted molar refractivity (Wildman–Crippen MR) is 73.8 cm³/mol. The lowest BCUT2D eigenvalue weighted by Crippen LogP contribution is -2.10. The average Bonchev–Trinajstić information content (AvgIpc) is 3.31. The van der Waals surface area contributed by atoms with Crippen LogP contribution in [0, 0.1) is 0 Å². The van der Waals surface area contributed by atoms with Crippen molar-refractivity contribution in [3.8, 4) is 17.1 Å². The number of nitrogens with zero attached hydrogens (tertiary/aromatic N) is 2. The molecule has 0 amide bonds. The van der Waals surface area contributed by atoms with E-state index in [1.54, 1.807) is 7.11 Å². The van der Waals surface area contributed by atoms with Crippen molar-refractivity contribution < 1.29 is 4.74 Å². The third-order valence-electron chi connectivity index (χ3n) is 3.22. The molecule has 1 aliphatic rings. The molecule has 1 fully saturated rings. The van der Waals surface area contributed by atoms with Crippen molar-refractivity contribution in [3.05, 3.63) is 36.0 Å². The summed E-state index contributed by atoms with van der Waals surface area (Å²) in [7, 11) is 1.65. The zero-order chi connectivity index (χ0) is 13.2. The van der Waals surface area contributed by atoms with Gasteiger partial charge in [-0.15, -0.1) is 0 Å². The Morgan fingerprint density at radius 1 is 1.26 bits per heavy atom. The molecule has 3 N–H and O–H groups in total. The van der Waals surface area contributed by atoms with Crippen molar-refractivity contribution >= 4 is 5.82 Å². The van der Waals surface area contributed by atoms with Gasteiger partial charge in [0.2, 0.25) is 0 Å². The van der Waals surface area contributed by atoms with Crippen molar-refractivity contribution in [2.45, 2.75) is 18.8 Å². The van der Waals surface area contributed by atoms with E-state index in [9.17, 15) is 0 Å². The van der Waals surface area contributed by atoms with E-state index >= 15 is 0 Å². The number of hydrazine groups is 1. The second-order valence-corrected chi connectivity index (χ2v) is 4.65. The van der Waals surface area contributed by atoms with E-state index in [4.69, 9.17) is 10.6 Å². The molecule has 2 aromatic rings. The molecule has 0 atom stereocenters. The van der Waals surface area contributed by atoms with Crippen molar-refractivity contribution in [2.24, 2.45) is 5.84 Å². The highest BCUT2D eigenvalue weighted by Crippen LogP contribution is 2.40. The molecular formula is C14H16N4O. The Labute approximate surface area is 111 Å². The monoisotopic (exact) mass is 256 g/mol. The lowest BCUT2D eigenvalue weighted by atomic mass is 10.2. The third-order valence-corrected chi connectivity index (χ3v) is 3.22. The predicted octanol–water partition coefficient (Wildman–Crippen LogP) is 2.32. The van der Waals surface area contributed by atoms with E-state index in [1.165, 1.54) is 12.8 Å². The van der Waals surface area contributed by atoms with E-state index in [1.807, 2.05) is 30.3 Å². The van der Waals surface area contributed by atoms with Gasteiger partial charge in [-0.05, 0) is 25.0 Å². The first-order chi connectivity index (χ1) is 9.30. The normalized spacial score (nSPS) is 14.2. The highest BCUT2D eigenvalue weighted by Gasteiger charge is 2.26. The third kappa shape index (κ3) is 2.51. The first-order valence-corrected chi connectivity index (χ1v) is 6.30. The van der Waals surface area contributed by atoms with Gasteiger partial charge in [0.1, 0.15) is 11.6 Å². The highest BCUT2D eigenvalue weighted by atomic mass is 16.5. The fourth-order valence-electron chi connectivity index (χ4n) is 2.02. The van der Waals surface area contributed by atoms with Crippen LogP contribution in [0.4, 0.5) is 5.82 Å². The topological polar surface area (TPSA) is 73.1 Å². The number of benzene rings is 1. The van der Waals surface area contributed by atoms with E-state index in [2.05, 4.69) is 15.4 Å². The number of nitrogen functional groups attached to an aromatic ring is 1. The molecule has 3 rings (SSSR count). The van der Waals surface area contributed by atoms with Gasteiger partial charge in [-0.2, -0.15) is 0 Å². The number of aromatic nitrogens is 2. The molecule has 19 heavy (non-hydrogen) atoms. The van der Waals surface area contributed by atoms with Crippen LogP contribution >= 0.6 is 0 Å². The Morgan fingerprint density at radius 2 is 2.11 bits per heavy atom. The average molecular weight is 256 g/mol. The smallest absolute Gasteiger partial charge is 0.161 e. The maximum Gasteiger partial charge on any atom is 0.161 e. The van der Waals surface area contributed by atoms with E-state index in [0.29, 0.717) is 17.6 Å². The van der Waals surface area contributed by atoms with Crippen LogP contribution in [0.25, 0.3) is 11.4 Å². The summed E-state index contributed by atoms with van der Waals surface area (Å²) in [5.41, 5.74) is 4.59. The lowest BCUT2D eigenvalue weighted by Gasteiger charge is -2.08. The molecule has 1 heterocycles. The summed E-state index contributed by atoms with van der Waals surface area (Å²) in [6, 6.07) is 9.63. The summed E-state index contributed by atoms with van der Waals surface area (Å²) in [6.45, 7) is 0. The number of nitrogens with one attached hydrogen (secondary N) is 1. The summed E-state index contributed by atoms with van der Waals surface area (Å²) in [5.74, 6) is 8.15. The van der Waals surface area contributed by atoms with Crippen LogP contribution in [0.2, 0.25) is 0 Å². The van der Waals surface area contributed by atoms with Gasteiger partial charge < -0.3 is 10.2 Å². The molecule has 0 spiro atoms. The number of anilines is 1. The van der Waals surface area contributed by atoms with Crippen LogP contribution < -0.4 is 16.0 Å². The van der Waals surface area contributed by atoms with Crippen LogP contribution in [0.15, 0.2) is 30.3 Å². The summed E-state index contributed by atoms with van der Waals surface area (Å²) in [6.07, 6.45) is 2.39. The van der Waals surface area contributed by atoms with Gasteiger partial charge in [0, 0.05) is 23.2 Å². The van der Waals surface area contributed by atoms with E-state index < -0.39 is 0 Å². The Bertz CT molecular complexity index is 596. The second-order valence-electron chi connectivity index (χ2n) is 4.65. The van der Waals surface area contributed by atoms with Crippen molar-refractivity contribution in [2.75, 3.05) is 12.5 Å². The van der Waals surface area contributed by atoms with Crippen LogP contribution in [0.5, 0.6) is 5.75 Å². The van der Waals surface area contributed by atoms with Gasteiger partial charge in [0.15, 0.2) is 5.82 Å². The molecular weight excluding hydrogens is 240 g/mol. The van der Waals surface area contributed by atoms with Crippen LogP contribution in [-0.2, 0) is 0 Å². The minimum Gasteiger partial charge on any atom is -0.497 e. The number of nitrogens with two attached hydrogens (primary N) is 1. The molecule has 1 aromatic carbocycles. The molecule has 0 radical (unpaired) electrons. The quantitative estimate of drug-likeness (QED) is 0.648. The summed E-state index contributed by atoms with van der Waals surface area (Å²) < 4.78 is 5.23. The molecule has 1 aromatic heterocycles. The molecule has 5 heteroatoms. The molecule has 0 bridgehead atoms. The van der Waals surface area contributed by atoms with Gasteiger partial charge in [-0.3, -0.25) is 0 Å². The first-order valence-electron chi connectivity index (χ1n) is 6.30. The van der Waals surface area contributed by atoms with Crippen LogP contribution in [0.3, 0.4) is 0 Å². The minimum absolute atomic E-state index is 0.555. The zero-order valence-electron chi connectivity index (χ0n) is 10.8. The molecule has 1 saturated carbocycles. The number of hydrogen-bond acceptors (Lipinski definition) is 5. The summed E-state index contributed by atoms with van der Waals surface area (Å²) in [4.78, 5) is 9.03. The van der Waals surface area contributed by atoms with Crippen molar-refractivity contribution in [3.63, 3.8) is 0 Å². The Kier molecular flexibility index (Phi) is 3.05. The maximum atomic E-state index is 5.48. The highest BCUT2D eigenvalue weighted by molar-refractivity contribution is 5.60. The number of rotatable bonds is 4. The summed E-state index contributed by atoms with van der Waals surface area (Å²) >= 11 is 0. The van der Waals surface area contributed by atoms with Gasteiger partial charge in [-0.25, -0.2) is 15.8 Å². The van der Waals surface area contributed by atoms with Crippen molar-refractivity contribution in [1.82, 2.24) is 9.97 Å². The summed E-state index contributed by atoms with van der Waals surface area (Å²) in [5, 5.41) is 0.